The van der Waals surface area contributed by atoms with Gasteiger partial charge in [-0.1, -0.05) is 0 Å². The third-order valence-electron chi connectivity index (χ3n) is 2.48. The number of ether oxygens (including phenoxy) is 1. The molecule has 0 radical (unpaired) electrons. The van der Waals surface area contributed by atoms with Crippen LogP contribution in [0.4, 0.5) is 8.78 Å². The summed E-state index contributed by atoms with van der Waals surface area (Å²) in [4.78, 5) is 3.92. The SMILES string of the molecule is COc1ccc(C(O)c2cc(F)cc(F)c2)cn1. The van der Waals surface area contributed by atoms with Gasteiger partial charge in [0.15, 0.2) is 0 Å². The predicted octanol–water partition coefficient (Wildman–Crippen LogP) is 2.45. The molecule has 0 saturated carbocycles. The lowest BCUT2D eigenvalue weighted by Gasteiger charge is -2.11. The number of pyridine rings is 1. The van der Waals surface area contributed by atoms with Crippen LogP contribution in [0.1, 0.15) is 17.2 Å². The number of benzene rings is 1. The maximum Gasteiger partial charge on any atom is 0.212 e. The predicted molar refractivity (Wildman–Crippen MR) is 61.2 cm³/mol. The van der Waals surface area contributed by atoms with Crippen molar-refractivity contribution in [3.8, 4) is 5.88 Å². The number of halogens is 2. The zero-order valence-electron chi connectivity index (χ0n) is 9.60. The number of aliphatic hydroxyl groups is 1. The number of hydrogen-bond donors (Lipinski definition) is 1. The van der Waals surface area contributed by atoms with Gasteiger partial charge in [-0.25, -0.2) is 13.8 Å². The molecule has 1 aromatic carbocycles. The van der Waals surface area contributed by atoms with Gasteiger partial charge in [-0.15, -0.1) is 0 Å². The summed E-state index contributed by atoms with van der Waals surface area (Å²) < 4.78 is 31.0. The summed E-state index contributed by atoms with van der Waals surface area (Å²) in [5.74, 6) is -1.06. The summed E-state index contributed by atoms with van der Waals surface area (Å²) in [5, 5.41) is 9.99. The van der Waals surface area contributed by atoms with Gasteiger partial charge < -0.3 is 9.84 Å². The van der Waals surface area contributed by atoms with Crippen molar-refractivity contribution in [3.63, 3.8) is 0 Å². The molecular formula is C13H11F2NO2. The molecule has 1 aromatic heterocycles. The second-order valence-corrected chi connectivity index (χ2v) is 3.74. The third kappa shape index (κ3) is 2.62. The van der Waals surface area contributed by atoms with E-state index in [1.54, 1.807) is 12.1 Å². The van der Waals surface area contributed by atoms with Crippen molar-refractivity contribution < 1.29 is 18.6 Å². The minimum Gasteiger partial charge on any atom is -0.481 e. The summed E-state index contributed by atoms with van der Waals surface area (Å²) in [7, 11) is 1.47. The van der Waals surface area contributed by atoms with Crippen LogP contribution in [0.2, 0.25) is 0 Å². The van der Waals surface area contributed by atoms with E-state index in [0.717, 1.165) is 18.2 Å². The standard InChI is InChI=1S/C13H11F2NO2/c1-18-12-3-2-8(7-16-12)13(17)9-4-10(14)6-11(15)5-9/h2-7,13,17H,1H3. The molecule has 0 fully saturated rings. The van der Waals surface area contributed by atoms with Crippen molar-refractivity contribution in [3.05, 3.63) is 59.3 Å². The summed E-state index contributed by atoms with van der Waals surface area (Å²) in [6, 6.07) is 6.06. The van der Waals surface area contributed by atoms with E-state index in [1.165, 1.54) is 13.3 Å². The molecule has 1 heterocycles. The fraction of sp³-hybridized carbons (Fsp3) is 0.154. The molecular weight excluding hydrogens is 240 g/mol. The largest absolute Gasteiger partial charge is 0.481 e. The van der Waals surface area contributed by atoms with Gasteiger partial charge in [-0.05, 0) is 23.8 Å². The number of nitrogens with zero attached hydrogens (tertiary/aromatic N) is 1. The molecule has 0 bridgehead atoms. The summed E-state index contributed by atoms with van der Waals surface area (Å²) in [6.07, 6.45) is 0.264. The van der Waals surface area contributed by atoms with E-state index >= 15 is 0 Å². The molecule has 0 amide bonds. The smallest absolute Gasteiger partial charge is 0.212 e. The molecule has 0 aliphatic rings. The van der Waals surface area contributed by atoms with Gasteiger partial charge in [-0.2, -0.15) is 0 Å². The fourth-order valence-corrected chi connectivity index (χ4v) is 1.60. The summed E-state index contributed by atoms with van der Waals surface area (Å²) in [5.41, 5.74) is 0.570. The van der Waals surface area contributed by atoms with Crippen LogP contribution in [0.3, 0.4) is 0 Å². The highest BCUT2D eigenvalue weighted by atomic mass is 19.1. The lowest BCUT2D eigenvalue weighted by Crippen LogP contribution is -2.02. The average Bonchev–Trinajstić information content (AvgIpc) is 2.37. The van der Waals surface area contributed by atoms with Crippen LogP contribution < -0.4 is 4.74 Å². The van der Waals surface area contributed by atoms with Crippen molar-refractivity contribution in [2.45, 2.75) is 6.10 Å². The highest BCUT2D eigenvalue weighted by Gasteiger charge is 2.13. The van der Waals surface area contributed by atoms with Gasteiger partial charge >= 0.3 is 0 Å². The maximum atomic E-state index is 13.0. The number of aliphatic hydroxyl groups excluding tert-OH is 1. The van der Waals surface area contributed by atoms with Gasteiger partial charge in [0.1, 0.15) is 17.7 Å². The van der Waals surface area contributed by atoms with Crippen molar-refractivity contribution >= 4 is 0 Å². The highest BCUT2D eigenvalue weighted by molar-refractivity contribution is 5.30. The van der Waals surface area contributed by atoms with Crippen LogP contribution in [0, 0.1) is 11.6 Å². The lowest BCUT2D eigenvalue weighted by atomic mass is 10.0. The molecule has 18 heavy (non-hydrogen) atoms. The van der Waals surface area contributed by atoms with Gasteiger partial charge in [0.25, 0.3) is 0 Å². The molecule has 0 aliphatic carbocycles. The molecule has 2 rings (SSSR count). The van der Waals surface area contributed by atoms with Crippen LogP contribution in [0.15, 0.2) is 36.5 Å². The van der Waals surface area contributed by atoms with Gasteiger partial charge in [0.05, 0.1) is 7.11 Å². The average molecular weight is 251 g/mol. The molecule has 94 valence electrons. The summed E-state index contributed by atoms with van der Waals surface area (Å²) in [6.45, 7) is 0. The minimum atomic E-state index is -1.13. The molecule has 3 nitrogen and oxygen atoms in total. The zero-order valence-corrected chi connectivity index (χ0v) is 9.60. The van der Waals surface area contributed by atoms with Crippen LogP contribution in [-0.4, -0.2) is 17.2 Å². The Kier molecular flexibility index (Phi) is 3.53. The number of methoxy groups -OCH3 is 1. The molecule has 5 heteroatoms. The van der Waals surface area contributed by atoms with E-state index in [4.69, 9.17) is 4.74 Å². The van der Waals surface area contributed by atoms with Crippen molar-refractivity contribution in [1.82, 2.24) is 4.98 Å². The van der Waals surface area contributed by atoms with E-state index in [2.05, 4.69) is 4.98 Å². The monoisotopic (exact) mass is 251 g/mol. The normalized spacial score (nSPS) is 12.2. The van der Waals surface area contributed by atoms with Crippen LogP contribution in [0.25, 0.3) is 0 Å². The zero-order chi connectivity index (χ0) is 13.1. The van der Waals surface area contributed by atoms with E-state index in [9.17, 15) is 13.9 Å². The van der Waals surface area contributed by atoms with Gasteiger partial charge in [0.2, 0.25) is 5.88 Å². The molecule has 2 aromatic rings. The molecule has 1 unspecified atom stereocenters. The van der Waals surface area contributed by atoms with Crippen molar-refractivity contribution in [2.24, 2.45) is 0 Å². The first-order chi connectivity index (χ1) is 8.60. The Labute approximate surface area is 103 Å². The molecule has 1 N–H and O–H groups in total. The molecule has 1 atom stereocenters. The Morgan fingerprint density at radius 3 is 2.28 bits per heavy atom. The Balaban J connectivity index is 2.31. The van der Waals surface area contributed by atoms with Crippen LogP contribution in [0.5, 0.6) is 5.88 Å². The molecule has 0 aliphatic heterocycles. The molecule has 0 saturated heterocycles. The third-order valence-corrected chi connectivity index (χ3v) is 2.48. The summed E-state index contributed by atoms with van der Waals surface area (Å²) >= 11 is 0. The minimum absolute atomic E-state index is 0.138. The number of aromatic nitrogens is 1. The first-order valence-electron chi connectivity index (χ1n) is 5.24. The topological polar surface area (TPSA) is 42.4 Å². The Bertz CT molecular complexity index is 523. The Morgan fingerprint density at radius 2 is 1.78 bits per heavy atom. The Morgan fingerprint density at radius 1 is 1.11 bits per heavy atom. The number of hydrogen-bond acceptors (Lipinski definition) is 3. The fourth-order valence-electron chi connectivity index (χ4n) is 1.60. The van der Waals surface area contributed by atoms with Gasteiger partial charge in [-0.3, -0.25) is 0 Å². The first kappa shape index (κ1) is 12.4. The van der Waals surface area contributed by atoms with E-state index in [-0.39, 0.29) is 5.56 Å². The highest BCUT2D eigenvalue weighted by Crippen LogP contribution is 2.23. The maximum absolute atomic E-state index is 13.0. The second-order valence-electron chi connectivity index (χ2n) is 3.74. The first-order valence-corrected chi connectivity index (χ1v) is 5.24. The van der Waals surface area contributed by atoms with E-state index < -0.39 is 17.7 Å². The van der Waals surface area contributed by atoms with Crippen LogP contribution >= 0.6 is 0 Å². The lowest BCUT2D eigenvalue weighted by molar-refractivity contribution is 0.218. The van der Waals surface area contributed by atoms with Crippen molar-refractivity contribution in [1.29, 1.82) is 0 Å². The van der Waals surface area contributed by atoms with E-state index in [1.807, 2.05) is 0 Å². The van der Waals surface area contributed by atoms with Crippen LogP contribution in [-0.2, 0) is 0 Å². The van der Waals surface area contributed by atoms with Crippen molar-refractivity contribution in [2.75, 3.05) is 7.11 Å². The quantitative estimate of drug-likeness (QED) is 0.911. The van der Waals surface area contributed by atoms with Gasteiger partial charge in [0, 0.05) is 23.9 Å². The molecule has 0 spiro atoms. The number of rotatable bonds is 3. The second kappa shape index (κ2) is 5.10. The Hall–Kier alpha value is -2.01. The van der Waals surface area contributed by atoms with E-state index in [0.29, 0.717) is 11.4 Å².